The van der Waals surface area contributed by atoms with Crippen molar-refractivity contribution in [2.24, 2.45) is 13.0 Å². The normalized spacial score (nSPS) is 18.7. The lowest BCUT2D eigenvalue weighted by Gasteiger charge is -2.36. The minimum Gasteiger partial charge on any atom is -0.339 e. The molecule has 2 fully saturated rings. The molecule has 1 saturated carbocycles. The average Bonchev–Trinajstić information content (AvgIpc) is 3.29. The number of amides is 2. The van der Waals surface area contributed by atoms with E-state index < -0.39 is 0 Å². The number of carbonyl (C=O) groups is 2. The summed E-state index contributed by atoms with van der Waals surface area (Å²) < 4.78 is 2.02. The van der Waals surface area contributed by atoms with Crippen molar-refractivity contribution in [3.8, 4) is 0 Å². The molecule has 138 valence electrons. The van der Waals surface area contributed by atoms with Crippen LogP contribution in [-0.2, 0) is 11.8 Å². The zero-order valence-electron chi connectivity index (χ0n) is 15.6. The number of aryl methyl sites for hydroxylation is 2. The maximum Gasteiger partial charge on any atom is 0.254 e. The highest BCUT2D eigenvalue weighted by atomic mass is 16.2. The zero-order chi connectivity index (χ0) is 18.3. The second kappa shape index (κ2) is 6.74. The van der Waals surface area contributed by atoms with Crippen LogP contribution in [0.2, 0.25) is 0 Å². The number of piperazine rings is 1. The quantitative estimate of drug-likeness (QED) is 0.832. The van der Waals surface area contributed by atoms with E-state index in [4.69, 9.17) is 0 Å². The van der Waals surface area contributed by atoms with Crippen LogP contribution in [0.4, 0.5) is 0 Å². The number of benzene rings is 1. The molecule has 1 aromatic heterocycles. The van der Waals surface area contributed by atoms with Crippen LogP contribution in [0.25, 0.3) is 11.0 Å². The van der Waals surface area contributed by atoms with Gasteiger partial charge < -0.3 is 14.4 Å². The first-order valence-electron chi connectivity index (χ1n) is 9.56. The SMILES string of the molecule is Cc1nc2cc(C(=O)N3CCN(C(=O)C4CCCC4)CC3)ccc2n1C. The third-order valence-corrected chi connectivity index (χ3v) is 5.93. The fourth-order valence-corrected chi connectivity index (χ4v) is 4.20. The van der Waals surface area contributed by atoms with Crippen molar-refractivity contribution in [3.63, 3.8) is 0 Å². The Morgan fingerprint density at radius 1 is 1.04 bits per heavy atom. The third kappa shape index (κ3) is 2.97. The van der Waals surface area contributed by atoms with E-state index in [0.717, 1.165) is 29.7 Å². The Kier molecular flexibility index (Phi) is 4.42. The molecule has 0 radical (unpaired) electrons. The number of imidazole rings is 1. The van der Waals surface area contributed by atoms with Crippen LogP contribution in [0.15, 0.2) is 18.2 Å². The summed E-state index contributed by atoms with van der Waals surface area (Å²) in [6.07, 6.45) is 4.40. The van der Waals surface area contributed by atoms with Gasteiger partial charge in [0.15, 0.2) is 0 Å². The molecule has 4 rings (SSSR count). The molecule has 6 nitrogen and oxygen atoms in total. The minimum atomic E-state index is 0.0307. The van der Waals surface area contributed by atoms with E-state index in [0.29, 0.717) is 37.6 Å². The van der Waals surface area contributed by atoms with Gasteiger partial charge >= 0.3 is 0 Å². The van der Waals surface area contributed by atoms with Gasteiger partial charge in [-0.15, -0.1) is 0 Å². The van der Waals surface area contributed by atoms with Crippen LogP contribution >= 0.6 is 0 Å². The molecule has 1 aliphatic heterocycles. The van der Waals surface area contributed by atoms with Crippen LogP contribution in [-0.4, -0.2) is 57.3 Å². The van der Waals surface area contributed by atoms with Gasteiger partial charge in [0.05, 0.1) is 11.0 Å². The topological polar surface area (TPSA) is 58.4 Å². The summed E-state index contributed by atoms with van der Waals surface area (Å²) in [7, 11) is 1.98. The predicted molar refractivity (Wildman–Crippen MR) is 99.9 cm³/mol. The predicted octanol–water partition coefficient (Wildman–Crippen LogP) is 2.36. The smallest absolute Gasteiger partial charge is 0.254 e. The summed E-state index contributed by atoms with van der Waals surface area (Å²) in [5, 5.41) is 0. The van der Waals surface area contributed by atoms with Crippen LogP contribution < -0.4 is 0 Å². The van der Waals surface area contributed by atoms with Crippen molar-refractivity contribution in [2.75, 3.05) is 26.2 Å². The zero-order valence-corrected chi connectivity index (χ0v) is 15.6. The van der Waals surface area contributed by atoms with Gasteiger partial charge in [0.25, 0.3) is 5.91 Å². The second-order valence-corrected chi connectivity index (χ2v) is 7.52. The number of nitrogens with zero attached hydrogens (tertiary/aromatic N) is 4. The standard InChI is InChI=1S/C20H26N4O2/c1-14-21-17-13-16(7-8-18(17)22(14)2)20(26)24-11-9-23(10-12-24)19(25)15-5-3-4-6-15/h7-8,13,15H,3-6,9-12H2,1-2H3. The molecule has 6 heteroatoms. The first-order chi connectivity index (χ1) is 12.5. The molecule has 2 aromatic rings. The van der Waals surface area contributed by atoms with Gasteiger partial charge in [-0.25, -0.2) is 4.98 Å². The van der Waals surface area contributed by atoms with Gasteiger partial charge in [-0.2, -0.15) is 0 Å². The number of carbonyl (C=O) groups excluding carboxylic acids is 2. The van der Waals surface area contributed by atoms with Gasteiger partial charge in [0, 0.05) is 44.7 Å². The highest BCUT2D eigenvalue weighted by Gasteiger charge is 2.30. The number of aromatic nitrogens is 2. The largest absolute Gasteiger partial charge is 0.339 e. The Bertz CT molecular complexity index is 843. The van der Waals surface area contributed by atoms with Gasteiger partial charge in [0.2, 0.25) is 5.91 Å². The molecule has 0 atom stereocenters. The maximum absolute atomic E-state index is 12.9. The Labute approximate surface area is 153 Å². The first kappa shape index (κ1) is 17.1. The molecule has 1 aromatic carbocycles. The van der Waals surface area contributed by atoms with E-state index in [2.05, 4.69) is 4.98 Å². The molecule has 0 spiro atoms. The van der Waals surface area contributed by atoms with Crippen molar-refractivity contribution in [1.29, 1.82) is 0 Å². The molecule has 26 heavy (non-hydrogen) atoms. The third-order valence-electron chi connectivity index (χ3n) is 5.93. The van der Waals surface area contributed by atoms with Crippen molar-refractivity contribution in [2.45, 2.75) is 32.6 Å². The fraction of sp³-hybridized carbons (Fsp3) is 0.550. The van der Waals surface area contributed by atoms with Gasteiger partial charge in [-0.05, 0) is 38.0 Å². The molecule has 2 amide bonds. The molecule has 2 heterocycles. The van der Waals surface area contributed by atoms with Crippen LogP contribution in [0.5, 0.6) is 0 Å². The lowest BCUT2D eigenvalue weighted by atomic mass is 10.1. The molecule has 0 bridgehead atoms. The molecular weight excluding hydrogens is 328 g/mol. The minimum absolute atomic E-state index is 0.0307. The molecule has 1 aliphatic carbocycles. The van der Waals surface area contributed by atoms with E-state index in [1.54, 1.807) is 0 Å². The summed E-state index contributed by atoms with van der Waals surface area (Å²) in [6.45, 7) is 4.47. The number of hydrogen-bond donors (Lipinski definition) is 0. The van der Waals surface area contributed by atoms with Crippen LogP contribution in [0.3, 0.4) is 0 Å². The highest BCUT2D eigenvalue weighted by molar-refractivity contribution is 5.97. The lowest BCUT2D eigenvalue weighted by molar-refractivity contribution is -0.136. The molecule has 2 aliphatic rings. The average molecular weight is 354 g/mol. The summed E-state index contributed by atoms with van der Waals surface area (Å²) in [5.74, 6) is 1.47. The summed E-state index contributed by atoms with van der Waals surface area (Å²) in [6, 6.07) is 5.71. The fourth-order valence-electron chi connectivity index (χ4n) is 4.20. The van der Waals surface area contributed by atoms with E-state index in [9.17, 15) is 9.59 Å². The second-order valence-electron chi connectivity index (χ2n) is 7.52. The summed E-state index contributed by atoms with van der Waals surface area (Å²) in [4.78, 5) is 33.7. The number of hydrogen-bond acceptors (Lipinski definition) is 3. The van der Waals surface area contributed by atoms with Crippen molar-refractivity contribution in [3.05, 3.63) is 29.6 Å². The maximum atomic E-state index is 12.9. The van der Waals surface area contributed by atoms with E-state index in [1.165, 1.54) is 12.8 Å². The Morgan fingerprint density at radius 2 is 1.69 bits per heavy atom. The van der Waals surface area contributed by atoms with Crippen molar-refractivity contribution in [1.82, 2.24) is 19.4 Å². The Hall–Kier alpha value is -2.37. The monoisotopic (exact) mass is 354 g/mol. The van der Waals surface area contributed by atoms with Gasteiger partial charge in [0.1, 0.15) is 5.82 Å². The van der Waals surface area contributed by atoms with E-state index in [1.807, 2.05) is 46.5 Å². The molecule has 0 N–H and O–H groups in total. The van der Waals surface area contributed by atoms with Crippen molar-refractivity contribution >= 4 is 22.8 Å². The highest BCUT2D eigenvalue weighted by Crippen LogP contribution is 2.27. The van der Waals surface area contributed by atoms with Crippen LogP contribution in [0, 0.1) is 12.8 Å². The molecule has 0 unspecified atom stereocenters. The Balaban J connectivity index is 1.42. The summed E-state index contributed by atoms with van der Waals surface area (Å²) in [5.41, 5.74) is 2.56. The van der Waals surface area contributed by atoms with Crippen LogP contribution in [0.1, 0.15) is 41.9 Å². The van der Waals surface area contributed by atoms with E-state index in [-0.39, 0.29) is 11.8 Å². The van der Waals surface area contributed by atoms with Gasteiger partial charge in [-0.1, -0.05) is 12.8 Å². The number of rotatable bonds is 2. The Morgan fingerprint density at radius 3 is 2.38 bits per heavy atom. The van der Waals surface area contributed by atoms with E-state index >= 15 is 0 Å². The van der Waals surface area contributed by atoms with Crippen molar-refractivity contribution < 1.29 is 9.59 Å². The molecular formula is C20H26N4O2. The molecule has 1 saturated heterocycles. The summed E-state index contributed by atoms with van der Waals surface area (Å²) >= 11 is 0. The number of fused-ring (bicyclic) bond motifs is 1. The lowest BCUT2D eigenvalue weighted by Crippen LogP contribution is -2.51. The first-order valence-corrected chi connectivity index (χ1v) is 9.56. The van der Waals surface area contributed by atoms with Gasteiger partial charge in [-0.3, -0.25) is 9.59 Å².